The molecule has 2 amide bonds. The number of nitrogens with zero attached hydrogens (tertiary/aromatic N) is 1. The molecule has 0 bridgehead atoms. The monoisotopic (exact) mass is 391 g/mol. The van der Waals surface area contributed by atoms with Gasteiger partial charge in [-0.05, 0) is 44.4 Å². The number of hydrogen-bond acceptors (Lipinski definition) is 3. The zero-order chi connectivity index (χ0) is 19.6. The van der Waals surface area contributed by atoms with Gasteiger partial charge < -0.3 is 15.3 Å². The Morgan fingerprint density at radius 3 is 2.37 bits per heavy atom. The van der Waals surface area contributed by atoms with E-state index in [1.807, 2.05) is 30.9 Å². The second kappa shape index (κ2) is 8.19. The van der Waals surface area contributed by atoms with Crippen molar-refractivity contribution in [2.75, 3.05) is 0 Å². The number of hydrogen-bond donors (Lipinski definition) is 2. The van der Waals surface area contributed by atoms with Crippen LogP contribution >= 0.6 is 11.6 Å². The van der Waals surface area contributed by atoms with E-state index in [4.69, 9.17) is 11.6 Å². The van der Waals surface area contributed by atoms with Crippen molar-refractivity contribution in [2.24, 2.45) is 5.92 Å². The van der Waals surface area contributed by atoms with E-state index in [1.165, 1.54) is 0 Å². The minimum absolute atomic E-state index is 0.0839. The molecule has 6 heteroatoms. The molecule has 1 aromatic rings. The van der Waals surface area contributed by atoms with Crippen molar-refractivity contribution in [1.29, 1.82) is 0 Å². The molecular weight excluding hydrogens is 364 g/mol. The molecule has 5 atom stereocenters. The highest BCUT2D eigenvalue weighted by Crippen LogP contribution is 2.40. The molecule has 1 saturated carbocycles. The average molecular weight is 392 g/mol. The maximum Gasteiger partial charge on any atom is 0.309 e. The fourth-order valence-electron chi connectivity index (χ4n) is 4.99. The molecule has 1 aliphatic carbocycles. The summed E-state index contributed by atoms with van der Waals surface area (Å²) in [4.78, 5) is 26.0. The van der Waals surface area contributed by atoms with Crippen molar-refractivity contribution < 1.29 is 14.7 Å². The Morgan fingerprint density at radius 2 is 1.78 bits per heavy atom. The summed E-state index contributed by atoms with van der Waals surface area (Å²) in [6.07, 6.45) is 6.35. The van der Waals surface area contributed by atoms with E-state index in [2.05, 4.69) is 5.32 Å². The number of carbonyl (C=O) groups excluding carboxylic acids is 2. The van der Waals surface area contributed by atoms with Gasteiger partial charge in [0, 0.05) is 36.0 Å². The van der Waals surface area contributed by atoms with Gasteiger partial charge in [-0.1, -0.05) is 36.6 Å². The lowest BCUT2D eigenvalue weighted by atomic mass is 9.76. The minimum Gasteiger partial charge on any atom is -0.385 e. The predicted octanol–water partition coefficient (Wildman–Crippen LogP) is 3.14. The Kier molecular flexibility index (Phi) is 6.11. The van der Waals surface area contributed by atoms with Gasteiger partial charge in [0.1, 0.15) is 0 Å². The first-order valence-electron chi connectivity index (χ1n) is 9.79. The van der Waals surface area contributed by atoms with Crippen LogP contribution in [0, 0.1) is 5.92 Å². The quantitative estimate of drug-likeness (QED) is 0.774. The van der Waals surface area contributed by atoms with E-state index in [0.29, 0.717) is 17.9 Å². The highest BCUT2D eigenvalue weighted by atomic mass is 35.5. The van der Waals surface area contributed by atoms with Crippen molar-refractivity contribution in [3.63, 3.8) is 0 Å². The molecule has 1 aliphatic heterocycles. The molecule has 2 N–H and O–H groups in total. The topological polar surface area (TPSA) is 69.6 Å². The first-order valence-corrected chi connectivity index (χ1v) is 10.2. The third-order valence-corrected chi connectivity index (χ3v) is 6.43. The van der Waals surface area contributed by atoms with Crippen molar-refractivity contribution in [1.82, 2.24) is 10.2 Å². The van der Waals surface area contributed by atoms with Gasteiger partial charge in [-0.2, -0.15) is 0 Å². The van der Waals surface area contributed by atoms with Crippen LogP contribution in [0.1, 0.15) is 57.9 Å². The number of amides is 2. The summed E-state index contributed by atoms with van der Waals surface area (Å²) in [5, 5.41) is 14.6. The molecule has 3 rings (SSSR count). The maximum atomic E-state index is 13.3. The number of likely N-dealkylation sites (tertiary alicyclic amines) is 1. The van der Waals surface area contributed by atoms with E-state index in [-0.39, 0.29) is 30.0 Å². The van der Waals surface area contributed by atoms with Gasteiger partial charge in [-0.25, -0.2) is 0 Å². The van der Waals surface area contributed by atoms with Crippen LogP contribution in [0.3, 0.4) is 0 Å². The number of aliphatic hydroxyl groups is 1. The Labute approximate surface area is 166 Å². The molecule has 1 heterocycles. The fraction of sp³-hybridized carbons (Fsp3) is 0.619. The van der Waals surface area contributed by atoms with Gasteiger partial charge in [0.05, 0.1) is 11.5 Å². The lowest BCUT2D eigenvalue weighted by Crippen LogP contribution is -2.58. The maximum absolute atomic E-state index is 13.3. The zero-order valence-corrected chi connectivity index (χ0v) is 16.7. The van der Waals surface area contributed by atoms with Crippen LogP contribution in [0.15, 0.2) is 24.3 Å². The van der Waals surface area contributed by atoms with Gasteiger partial charge in [-0.15, -0.1) is 0 Å². The van der Waals surface area contributed by atoms with E-state index in [1.54, 1.807) is 18.5 Å². The second-order valence-electron chi connectivity index (χ2n) is 8.13. The lowest BCUT2D eigenvalue weighted by Gasteiger charge is -2.49. The molecule has 1 aromatic carbocycles. The van der Waals surface area contributed by atoms with Gasteiger partial charge in [-0.3, -0.25) is 9.59 Å². The largest absolute Gasteiger partial charge is 0.385 e. The highest BCUT2D eigenvalue weighted by molar-refractivity contribution is 6.30. The van der Waals surface area contributed by atoms with Crippen molar-refractivity contribution in [3.05, 3.63) is 34.9 Å². The summed E-state index contributed by atoms with van der Waals surface area (Å²) in [7, 11) is 0. The first-order chi connectivity index (χ1) is 12.9. The molecular formula is C21H28ClN2O3. The molecule has 4 unspecified atom stereocenters. The molecule has 0 spiro atoms. The summed E-state index contributed by atoms with van der Waals surface area (Å²) in [6, 6.07) is 6.97. The van der Waals surface area contributed by atoms with E-state index in [9.17, 15) is 14.7 Å². The van der Waals surface area contributed by atoms with Crippen LogP contribution < -0.4 is 5.32 Å². The van der Waals surface area contributed by atoms with Gasteiger partial charge in [0.15, 0.2) is 0 Å². The average Bonchev–Trinajstić information content (AvgIpc) is 2.62. The number of piperidine rings is 1. The Balaban J connectivity index is 1.77. The fourth-order valence-corrected chi connectivity index (χ4v) is 5.11. The number of rotatable bonds is 4. The summed E-state index contributed by atoms with van der Waals surface area (Å²) in [5.41, 5.74) is -0.133. The molecule has 1 radical (unpaired) electrons. The van der Waals surface area contributed by atoms with Crippen LogP contribution in [0.25, 0.3) is 0 Å². The smallest absolute Gasteiger partial charge is 0.309 e. The Hall–Kier alpha value is -1.59. The van der Waals surface area contributed by atoms with E-state index in [0.717, 1.165) is 31.2 Å². The Morgan fingerprint density at radius 1 is 1.19 bits per heavy atom. The second-order valence-corrected chi connectivity index (χ2v) is 8.57. The number of halogens is 1. The van der Waals surface area contributed by atoms with Gasteiger partial charge >= 0.3 is 6.41 Å². The summed E-state index contributed by atoms with van der Waals surface area (Å²) in [5.74, 6) is -0.118. The summed E-state index contributed by atoms with van der Waals surface area (Å²) >= 11 is 5.98. The zero-order valence-electron chi connectivity index (χ0n) is 16.0. The normalized spacial score (nSPS) is 34.1. The Bertz CT molecular complexity index is 667. The van der Waals surface area contributed by atoms with Crippen molar-refractivity contribution in [2.45, 2.75) is 76.1 Å². The summed E-state index contributed by atoms with van der Waals surface area (Å²) in [6.45, 7) is 3.98. The lowest BCUT2D eigenvalue weighted by molar-refractivity contribution is -0.151. The van der Waals surface area contributed by atoms with Crippen LogP contribution in [0.5, 0.6) is 0 Å². The van der Waals surface area contributed by atoms with Gasteiger partial charge in [0.2, 0.25) is 5.91 Å². The van der Waals surface area contributed by atoms with E-state index >= 15 is 0 Å². The summed E-state index contributed by atoms with van der Waals surface area (Å²) < 4.78 is 0. The number of nitrogens with one attached hydrogen (secondary N) is 1. The van der Waals surface area contributed by atoms with Crippen LogP contribution in [0.4, 0.5) is 0 Å². The predicted molar refractivity (Wildman–Crippen MR) is 105 cm³/mol. The van der Waals surface area contributed by atoms with Crippen LogP contribution in [0.2, 0.25) is 5.02 Å². The third-order valence-electron chi connectivity index (χ3n) is 6.18. The number of benzene rings is 1. The minimum atomic E-state index is -0.971. The molecule has 0 aromatic heterocycles. The van der Waals surface area contributed by atoms with Crippen LogP contribution in [-0.2, 0) is 15.2 Å². The molecule has 5 nitrogen and oxygen atoms in total. The molecule has 1 saturated heterocycles. The van der Waals surface area contributed by atoms with E-state index < -0.39 is 5.60 Å². The molecule has 147 valence electrons. The molecule has 2 fully saturated rings. The third kappa shape index (κ3) is 4.14. The molecule has 27 heavy (non-hydrogen) atoms. The van der Waals surface area contributed by atoms with Crippen LogP contribution in [-0.4, -0.2) is 40.4 Å². The molecule has 2 aliphatic rings. The van der Waals surface area contributed by atoms with Gasteiger partial charge in [0.25, 0.3) is 0 Å². The standard InChI is InChI=1S/C21H28ClN2O3/c1-14-11-21(27,16-7-9-17(22)10-8-16)12-15(2)24(14)20(26)18-5-3-4-6-19(18)23-13-25/h7-10,14-15,18-19,27H,3-6,11-12H2,1-2H3,(H,23,25)/t14-,15?,18?,19?,21?/m0/s1. The highest BCUT2D eigenvalue weighted by Gasteiger charge is 2.45. The first kappa shape index (κ1) is 20.2. The number of carbonyl (C=O) groups is 1. The SMILES string of the molecule is CC1CC(O)(c2ccc(Cl)cc2)C[C@H](C)N1C(=O)C1CCCCC1N[C]=O. The van der Waals surface area contributed by atoms with Crippen molar-refractivity contribution >= 4 is 23.9 Å². The van der Waals surface area contributed by atoms with Crippen molar-refractivity contribution in [3.8, 4) is 0 Å².